The molecule has 0 bridgehead atoms. The first-order valence-corrected chi connectivity index (χ1v) is 5.59. The minimum absolute atomic E-state index is 0.408. The van der Waals surface area contributed by atoms with Gasteiger partial charge in [0.2, 0.25) is 0 Å². The van der Waals surface area contributed by atoms with Gasteiger partial charge in [-0.15, -0.1) is 11.6 Å². The highest BCUT2D eigenvalue weighted by atomic mass is 35.5. The summed E-state index contributed by atoms with van der Waals surface area (Å²) >= 11 is 7.40. The van der Waals surface area contributed by atoms with Crippen LogP contribution in [0, 0.1) is 0 Å². The largest absolute Gasteiger partial charge is 0.262 e. The van der Waals surface area contributed by atoms with Crippen molar-refractivity contribution in [3.05, 3.63) is 11.6 Å². The summed E-state index contributed by atoms with van der Waals surface area (Å²) < 4.78 is 0. The zero-order chi connectivity index (χ0) is 8.81. The van der Waals surface area contributed by atoms with Gasteiger partial charge in [0.15, 0.2) is 5.82 Å². The number of aromatic nitrogens is 3. The molecule has 12 heavy (non-hydrogen) atoms. The van der Waals surface area contributed by atoms with Crippen LogP contribution in [0.5, 0.6) is 0 Å². The van der Waals surface area contributed by atoms with Gasteiger partial charge in [-0.1, -0.05) is 6.92 Å². The molecule has 0 aliphatic carbocycles. The summed E-state index contributed by atoms with van der Waals surface area (Å²) in [6.45, 7) is 2.16. The zero-order valence-corrected chi connectivity index (χ0v) is 8.58. The Bertz CT molecular complexity index is 226. The summed E-state index contributed by atoms with van der Waals surface area (Å²) in [5.41, 5.74) is 0. The molecule has 1 rings (SSSR count). The van der Waals surface area contributed by atoms with E-state index in [4.69, 9.17) is 11.6 Å². The van der Waals surface area contributed by atoms with Crippen LogP contribution in [0.25, 0.3) is 0 Å². The van der Waals surface area contributed by atoms with Crippen LogP contribution < -0.4 is 0 Å². The van der Waals surface area contributed by atoms with Gasteiger partial charge in [-0.25, -0.2) is 4.98 Å². The van der Waals surface area contributed by atoms with Crippen LogP contribution in [0.15, 0.2) is 0 Å². The number of hydrogen-bond acceptors (Lipinski definition) is 3. The number of H-pyrrole nitrogens is 1. The molecule has 1 heterocycles. The third kappa shape index (κ3) is 3.03. The van der Waals surface area contributed by atoms with Crippen molar-refractivity contribution in [2.75, 3.05) is 5.75 Å². The van der Waals surface area contributed by atoms with E-state index in [1.165, 1.54) is 6.42 Å². The highest BCUT2D eigenvalue weighted by Crippen LogP contribution is 2.09. The Morgan fingerprint density at radius 1 is 1.58 bits per heavy atom. The molecule has 3 nitrogen and oxygen atoms in total. The summed E-state index contributed by atoms with van der Waals surface area (Å²) in [5.74, 6) is 4.05. The molecule has 1 N–H and O–H groups in total. The molecule has 5 heteroatoms. The van der Waals surface area contributed by atoms with E-state index in [9.17, 15) is 0 Å². The summed E-state index contributed by atoms with van der Waals surface area (Å²) in [6, 6.07) is 0. The quantitative estimate of drug-likeness (QED) is 0.592. The zero-order valence-electron chi connectivity index (χ0n) is 7.01. The molecular formula is C7H12ClN3S. The van der Waals surface area contributed by atoms with Crippen LogP contribution in [0.4, 0.5) is 0 Å². The SMILES string of the molecule is CCCSCc1n[nH]c(CCl)n1. The average molecular weight is 206 g/mol. The number of aromatic amines is 1. The van der Waals surface area contributed by atoms with Gasteiger partial charge < -0.3 is 0 Å². The minimum Gasteiger partial charge on any atom is -0.262 e. The van der Waals surface area contributed by atoms with E-state index in [0.717, 1.165) is 23.2 Å². The average Bonchev–Trinajstić information content (AvgIpc) is 2.53. The summed E-state index contributed by atoms with van der Waals surface area (Å²) in [4.78, 5) is 4.18. The second-order valence-electron chi connectivity index (χ2n) is 2.38. The van der Waals surface area contributed by atoms with Crippen LogP contribution in [-0.4, -0.2) is 20.9 Å². The normalized spacial score (nSPS) is 10.5. The molecule has 0 aliphatic rings. The number of nitrogens with one attached hydrogen (secondary N) is 1. The maximum atomic E-state index is 5.56. The standard InChI is InChI=1S/C7H12ClN3S/c1-2-3-12-5-7-9-6(4-8)10-11-7/h2-5H2,1H3,(H,9,10,11). The van der Waals surface area contributed by atoms with Crippen LogP contribution in [-0.2, 0) is 11.6 Å². The van der Waals surface area contributed by atoms with Crippen molar-refractivity contribution >= 4 is 23.4 Å². The topological polar surface area (TPSA) is 41.6 Å². The molecule has 0 unspecified atom stereocenters. The first kappa shape index (κ1) is 9.86. The third-order valence-electron chi connectivity index (χ3n) is 1.28. The van der Waals surface area contributed by atoms with Gasteiger partial charge in [0.25, 0.3) is 0 Å². The van der Waals surface area contributed by atoms with Crippen LogP contribution in [0.3, 0.4) is 0 Å². The summed E-state index contributed by atoms with van der Waals surface area (Å²) in [6.07, 6.45) is 1.19. The molecule has 0 fully saturated rings. The van der Waals surface area contributed by atoms with Crippen LogP contribution >= 0.6 is 23.4 Å². The molecule has 0 aliphatic heterocycles. The van der Waals surface area contributed by atoms with Crippen LogP contribution in [0.2, 0.25) is 0 Å². The number of nitrogens with zero attached hydrogens (tertiary/aromatic N) is 2. The summed E-state index contributed by atoms with van der Waals surface area (Å²) in [5, 5.41) is 6.79. The molecular weight excluding hydrogens is 194 g/mol. The molecule has 0 amide bonds. The maximum Gasteiger partial charge on any atom is 0.160 e. The van der Waals surface area contributed by atoms with E-state index in [-0.39, 0.29) is 0 Å². The van der Waals surface area contributed by atoms with E-state index in [2.05, 4.69) is 22.1 Å². The van der Waals surface area contributed by atoms with Crippen molar-refractivity contribution in [3.8, 4) is 0 Å². The minimum atomic E-state index is 0.408. The number of thioether (sulfide) groups is 1. The predicted molar refractivity (Wildman–Crippen MR) is 52.4 cm³/mol. The molecule has 1 aromatic heterocycles. The second kappa shape index (κ2) is 5.43. The van der Waals surface area contributed by atoms with Crippen molar-refractivity contribution in [2.24, 2.45) is 0 Å². The van der Waals surface area contributed by atoms with E-state index in [1.807, 2.05) is 11.8 Å². The monoisotopic (exact) mass is 205 g/mol. The van der Waals surface area contributed by atoms with Crippen molar-refractivity contribution in [3.63, 3.8) is 0 Å². The Balaban J connectivity index is 2.31. The molecule has 0 aromatic carbocycles. The molecule has 1 aromatic rings. The fraction of sp³-hybridized carbons (Fsp3) is 0.714. The lowest BCUT2D eigenvalue weighted by Crippen LogP contribution is -1.85. The van der Waals surface area contributed by atoms with E-state index < -0.39 is 0 Å². The molecule has 0 radical (unpaired) electrons. The van der Waals surface area contributed by atoms with Gasteiger partial charge in [-0.05, 0) is 12.2 Å². The van der Waals surface area contributed by atoms with Crippen LogP contribution in [0.1, 0.15) is 25.0 Å². The van der Waals surface area contributed by atoms with E-state index in [0.29, 0.717) is 5.88 Å². The van der Waals surface area contributed by atoms with E-state index >= 15 is 0 Å². The first-order valence-electron chi connectivity index (χ1n) is 3.90. The van der Waals surface area contributed by atoms with Gasteiger partial charge in [-0.2, -0.15) is 16.9 Å². The lowest BCUT2D eigenvalue weighted by Gasteiger charge is -1.92. The third-order valence-corrected chi connectivity index (χ3v) is 2.70. The Kier molecular flexibility index (Phi) is 4.46. The first-order chi connectivity index (χ1) is 5.86. The second-order valence-corrected chi connectivity index (χ2v) is 3.76. The van der Waals surface area contributed by atoms with Crippen molar-refractivity contribution in [2.45, 2.75) is 25.0 Å². The Hall–Kier alpha value is -0.220. The lowest BCUT2D eigenvalue weighted by molar-refractivity contribution is 1.00. The van der Waals surface area contributed by atoms with Crippen molar-refractivity contribution in [1.29, 1.82) is 0 Å². The van der Waals surface area contributed by atoms with Gasteiger partial charge in [0.1, 0.15) is 5.82 Å². The Morgan fingerprint density at radius 3 is 3.00 bits per heavy atom. The predicted octanol–water partition coefficient (Wildman–Crippen LogP) is 2.19. The lowest BCUT2D eigenvalue weighted by atomic mass is 10.6. The highest BCUT2D eigenvalue weighted by Gasteiger charge is 2.00. The molecule has 68 valence electrons. The molecule has 0 atom stereocenters. The van der Waals surface area contributed by atoms with Gasteiger partial charge >= 0.3 is 0 Å². The Morgan fingerprint density at radius 2 is 2.42 bits per heavy atom. The Labute approximate surface area is 81.3 Å². The van der Waals surface area contributed by atoms with Crippen molar-refractivity contribution < 1.29 is 0 Å². The smallest absolute Gasteiger partial charge is 0.160 e. The fourth-order valence-corrected chi connectivity index (χ4v) is 1.63. The summed E-state index contributed by atoms with van der Waals surface area (Å²) in [7, 11) is 0. The van der Waals surface area contributed by atoms with Gasteiger partial charge in [0, 0.05) is 0 Å². The molecule has 0 spiro atoms. The molecule has 0 saturated carbocycles. The highest BCUT2D eigenvalue weighted by molar-refractivity contribution is 7.98. The number of rotatable bonds is 5. The number of halogens is 1. The fourth-order valence-electron chi connectivity index (χ4n) is 0.767. The van der Waals surface area contributed by atoms with Crippen molar-refractivity contribution in [1.82, 2.24) is 15.2 Å². The molecule has 0 saturated heterocycles. The van der Waals surface area contributed by atoms with Gasteiger partial charge in [-0.3, -0.25) is 5.10 Å². The maximum absolute atomic E-state index is 5.56. The van der Waals surface area contributed by atoms with Gasteiger partial charge in [0.05, 0.1) is 11.6 Å². The number of alkyl halides is 1. The van der Waals surface area contributed by atoms with E-state index in [1.54, 1.807) is 0 Å². The number of hydrogen-bond donors (Lipinski definition) is 1.